The van der Waals surface area contributed by atoms with Gasteiger partial charge in [-0.15, -0.1) is 0 Å². The molecule has 0 aliphatic heterocycles. The molecule has 8 aromatic carbocycles. The third kappa shape index (κ3) is 4.04. The molecular formula is C45H25N3O2. The summed E-state index contributed by atoms with van der Waals surface area (Å²) in [4.78, 5) is 15.4. The third-order valence-corrected chi connectivity index (χ3v) is 9.93. The van der Waals surface area contributed by atoms with Crippen molar-refractivity contribution in [1.82, 2.24) is 15.0 Å². The average Bonchev–Trinajstić information content (AvgIpc) is 3.75. The van der Waals surface area contributed by atoms with E-state index in [4.69, 9.17) is 23.8 Å². The maximum Gasteiger partial charge on any atom is 0.164 e. The topological polar surface area (TPSA) is 65.0 Å². The Labute approximate surface area is 285 Å². The number of hydrogen-bond acceptors (Lipinski definition) is 5. The van der Waals surface area contributed by atoms with Crippen molar-refractivity contribution in [3.63, 3.8) is 0 Å². The predicted molar refractivity (Wildman–Crippen MR) is 203 cm³/mol. The molecule has 11 aromatic rings. The first kappa shape index (κ1) is 27.1. The molecule has 0 atom stereocenters. The van der Waals surface area contributed by atoms with Gasteiger partial charge in [-0.2, -0.15) is 0 Å². The quantitative estimate of drug-likeness (QED) is 0.180. The van der Waals surface area contributed by atoms with Crippen LogP contribution in [0.1, 0.15) is 0 Å². The fourth-order valence-electron chi connectivity index (χ4n) is 7.54. The molecule has 0 amide bonds. The standard InChI is InChI=1S/C45H25N3O2/c1-2-9-29-26(8-1)16-19-32-30-12-7-13-37(33(30)22-21-31(29)32)45-47-43(27-18-23-41-38(24-27)35-11-4-6-15-40(35)49-41)46-44(48-45)28-17-20-36-34-10-3-5-14-39(34)50-42(36)25-28/h1-25H. The van der Waals surface area contributed by atoms with Gasteiger partial charge in [0.15, 0.2) is 17.5 Å². The highest BCUT2D eigenvalue weighted by molar-refractivity contribution is 6.19. The zero-order chi connectivity index (χ0) is 32.8. The van der Waals surface area contributed by atoms with Gasteiger partial charge in [0.25, 0.3) is 0 Å². The molecule has 0 spiro atoms. The molecule has 3 heterocycles. The average molecular weight is 640 g/mol. The van der Waals surface area contributed by atoms with Crippen LogP contribution in [0.25, 0.3) is 110 Å². The maximum atomic E-state index is 6.27. The van der Waals surface area contributed by atoms with Crippen LogP contribution in [-0.4, -0.2) is 15.0 Å². The zero-order valence-corrected chi connectivity index (χ0v) is 26.6. The van der Waals surface area contributed by atoms with Crippen LogP contribution >= 0.6 is 0 Å². The van der Waals surface area contributed by atoms with E-state index in [0.29, 0.717) is 17.5 Å². The van der Waals surface area contributed by atoms with E-state index in [2.05, 4.69) is 97.1 Å². The zero-order valence-electron chi connectivity index (χ0n) is 26.6. The number of nitrogens with zero attached hydrogens (tertiary/aromatic N) is 3. The molecule has 0 aliphatic carbocycles. The maximum absolute atomic E-state index is 6.27. The molecule has 0 bridgehead atoms. The lowest BCUT2D eigenvalue weighted by Crippen LogP contribution is -2.00. The minimum absolute atomic E-state index is 0.577. The Morgan fingerprint density at radius 3 is 1.66 bits per heavy atom. The van der Waals surface area contributed by atoms with Crippen molar-refractivity contribution in [2.45, 2.75) is 0 Å². The first-order chi connectivity index (χ1) is 24.7. The van der Waals surface area contributed by atoms with E-state index in [0.717, 1.165) is 71.3 Å². The third-order valence-electron chi connectivity index (χ3n) is 9.93. The lowest BCUT2D eigenvalue weighted by atomic mass is 9.95. The molecule has 0 N–H and O–H groups in total. The van der Waals surface area contributed by atoms with Crippen LogP contribution in [0.5, 0.6) is 0 Å². The second kappa shape index (κ2) is 10.3. The highest BCUT2D eigenvalue weighted by atomic mass is 16.3. The molecule has 50 heavy (non-hydrogen) atoms. The summed E-state index contributed by atoms with van der Waals surface area (Å²) < 4.78 is 12.4. The summed E-state index contributed by atoms with van der Waals surface area (Å²) in [5.74, 6) is 1.77. The fraction of sp³-hybridized carbons (Fsp3) is 0. The van der Waals surface area contributed by atoms with Crippen LogP contribution < -0.4 is 0 Å². The summed E-state index contributed by atoms with van der Waals surface area (Å²) in [6, 6.07) is 52.3. The summed E-state index contributed by atoms with van der Waals surface area (Å²) >= 11 is 0. The number of furan rings is 2. The highest BCUT2D eigenvalue weighted by Crippen LogP contribution is 2.38. The molecule has 0 saturated heterocycles. The van der Waals surface area contributed by atoms with Crippen molar-refractivity contribution in [3.8, 4) is 34.2 Å². The normalized spacial score (nSPS) is 12.0. The number of para-hydroxylation sites is 2. The van der Waals surface area contributed by atoms with E-state index < -0.39 is 0 Å². The molecule has 232 valence electrons. The smallest absolute Gasteiger partial charge is 0.164 e. The van der Waals surface area contributed by atoms with Crippen LogP contribution in [0.4, 0.5) is 0 Å². The summed E-state index contributed by atoms with van der Waals surface area (Å²) in [5, 5.41) is 11.4. The van der Waals surface area contributed by atoms with E-state index in [1.165, 1.54) is 21.5 Å². The number of rotatable bonds is 3. The van der Waals surface area contributed by atoms with Gasteiger partial charge in [-0.05, 0) is 74.8 Å². The van der Waals surface area contributed by atoms with Crippen LogP contribution in [0.2, 0.25) is 0 Å². The number of benzene rings is 8. The molecule has 5 nitrogen and oxygen atoms in total. The summed E-state index contributed by atoms with van der Waals surface area (Å²) in [6.45, 7) is 0. The Bertz CT molecular complexity index is 3170. The van der Waals surface area contributed by atoms with Crippen molar-refractivity contribution in [2.75, 3.05) is 0 Å². The summed E-state index contributed by atoms with van der Waals surface area (Å²) in [5.41, 5.74) is 6.02. The Morgan fingerprint density at radius 2 is 0.820 bits per heavy atom. The SMILES string of the molecule is c1ccc2c(c1)ccc1c3cccc(-c4nc(-c5ccc6c(c5)oc5ccccc56)nc(-c5ccc6oc7ccccc7c6c5)n4)c3ccc21. The largest absolute Gasteiger partial charge is 0.456 e. The summed E-state index contributed by atoms with van der Waals surface area (Å²) in [7, 11) is 0. The van der Waals surface area contributed by atoms with Gasteiger partial charge >= 0.3 is 0 Å². The van der Waals surface area contributed by atoms with E-state index in [1.807, 2.05) is 54.6 Å². The Hall–Kier alpha value is -6.85. The minimum Gasteiger partial charge on any atom is -0.456 e. The molecule has 11 rings (SSSR count). The lowest BCUT2D eigenvalue weighted by Gasteiger charge is -2.12. The van der Waals surface area contributed by atoms with Crippen molar-refractivity contribution in [3.05, 3.63) is 152 Å². The van der Waals surface area contributed by atoms with Crippen LogP contribution in [0.15, 0.2) is 160 Å². The number of aromatic nitrogens is 3. The molecule has 0 unspecified atom stereocenters. The van der Waals surface area contributed by atoms with Crippen molar-refractivity contribution in [2.24, 2.45) is 0 Å². The van der Waals surface area contributed by atoms with Gasteiger partial charge < -0.3 is 8.83 Å². The van der Waals surface area contributed by atoms with Gasteiger partial charge in [-0.1, -0.05) is 109 Å². The van der Waals surface area contributed by atoms with Gasteiger partial charge in [0.1, 0.15) is 22.3 Å². The number of fused-ring (bicyclic) bond motifs is 11. The van der Waals surface area contributed by atoms with Crippen LogP contribution in [0.3, 0.4) is 0 Å². The van der Waals surface area contributed by atoms with Gasteiger partial charge in [0, 0.05) is 38.2 Å². The van der Waals surface area contributed by atoms with Gasteiger partial charge in [0.05, 0.1) is 0 Å². The molecule has 0 fully saturated rings. The first-order valence-electron chi connectivity index (χ1n) is 16.7. The Kier molecular flexibility index (Phi) is 5.60. The summed E-state index contributed by atoms with van der Waals surface area (Å²) in [6.07, 6.45) is 0. The van der Waals surface area contributed by atoms with Gasteiger partial charge in [-0.3, -0.25) is 0 Å². The lowest BCUT2D eigenvalue weighted by molar-refractivity contribution is 0.668. The van der Waals surface area contributed by atoms with Crippen molar-refractivity contribution >= 4 is 76.2 Å². The molecular weight excluding hydrogens is 615 g/mol. The highest BCUT2D eigenvalue weighted by Gasteiger charge is 2.18. The number of hydrogen-bond donors (Lipinski definition) is 0. The van der Waals surface area contributed by atoms with E-state index in [1.54, 1.807) is 0 Å². The molecule has 0 radical (unpaired) electrons. The predicted octanol–water partition coefficient (Wildman–Crippen LogP) is 12.1. The molecule has 5 heteroatoms. The second-order valence-electron chi connectivity index (χ2n) is 12.8. The van der Waals surface area contributed by atoms with Crippen LogP contribution in [-0.2, 0) is 0 Å². The van der Waals surface area contributed by atoms with E-state index in [9.17, 15) is 0 Å². The molecule has 0 saturated carbocycles. The first-order valence-corrected chi connectivity index (χ1v) is 16.7. The molecule has 3 aromatic heterocycles. The molecule has 0 aliphatic rings. The minimum atomic E-state index is 0.577. The Morgan fingerprint density at radius 1 is 0.300 bits per heavy atom. The van der Waals surface area contributed by atoms with Gasteiger partial charge in [0.2, 0.25) is 0 Å². The van der Waals surface area contributed by atoms with Crippen molar-refractivity contribution < 1.29 is 8.83 Å². The van der Waals surface area contributed by atoms with Crippen LogP contribution in [0, 0.1) is 0 Å². The van der Waals surface area contributed by atoms with Crippen molar-refractivity contribution in [1.29, 1.82) is 0 Å². The van der Waals surface area contributed by atoms with Gasteiger partial charge in [-0.25, -0.2) is 15.0 Å². The van der Waals surface area contributed by atoms with E-state index in [-0.39, 0.29) is 0 Å². The Balaban J connectivity index is 1.16. The fourth-order valence-corrected chi connectivity index (χ4v) is 7.54. The van der Waals surface area contributed by atoms with E-state index >= 15 is 0 Å². The second-order valence-corrected chi connectivity index (χ2v) is 12.8. The monoisotopic (exact) mass is 639 g/mol.